The van der Waals surface area contributed by atoms with Crippen molar-refractivity contribution < 1.29 is 23.8 Å². The second kappa shape index (κ2) is 6.08. The van der Waals surface area contributed by atoms with E-state index in [2.05, 4.69) is 15.0 Å². The minimum atomic E-state index is -0.983. The summed E-state index contributed by atoms with van der Waals surface area (Å²) in [5, 5.41) is 11.6. The molecule has 0 aliphatic carbocycles. The lowest BCUT2D eigenvalue weighted by Crippen LogP contribution is -2.01. The molecular formula is C14H14N2O5. The van der Waals surface area contributed by atoms with Crippen molar-refractivity contribution in [1.29, 1.82) is 0 Å². The number of aromatic nitrogens is 1. The molecule has 2 aromatic rings. The summed E-state index contributed by atoms with van der Waals surface area (Å²) in [4.78, 5) is 26.1. The Labute approximate surface area is 120 Å². The number of hydrogen-bond acceptors (Lipinski definition) is 6. The topological polar surface area (TPSA) is 102 Å². The zero-order chi connectivity index (χ0) is 15.4. The van der Waals surface area contributed by atoms with Crippen LogP contribution in [0.4, 0.5) is 11.7 Å². The summed E-state index contributed by atoms with van der Waals surface area (Å²) in [6.45, 7) is 1.67. The van der Waals surface area contributed by atoms with Crippen molar-refractivity contribution in [2.75, 3.05) is 12.4 Å². The minimum absolute atomic E-state index is 0.203. The maximum atomic E-state index is 11.3. The van der Waals surface area contributed by atoms with Gasteiger partial charge in [-0.3, -0.25) is 4.79 Å². The van der Waals surface area contributed by atoms with Crippen molar-refractivity contribution in [3.05, 3.63) is 41.3 Å². The Hall–Kier alpha value is -2.83. The number of carboxylic acids is 1. The van der Waals surface area contributed by atoms with Crippen molar-refractivity contribution in [1.82, 2.24) is 4.98 Å². The smallest absolute Gasteiger partial charge is 0.337 e. The Bertz CT molecular complexity index is 661. The molecule has 0 saturated carbocycles. The van der Waals surface area contributed by atoms with Gasteiger partial charge in [-0.2, -0.15) is 4.98 Å². The van der Waals surface area contributed by atoms with Crippen molar-refractivity contribution in [3.63, 3.8) is 0 Å². The molecular weight excluding hydrogens is 276 g/mol. The molecule has 0 aliphatic heterocycles. The van der Waals surface area contributed by atoms with Gasteiger partial charge in [0.1, 0.15) is 12.2 Å². The number of esters is 1. The number of aliphatic carboxylic acids is 1. The molecule has 0 saturated heterocycles. The van der Waals surface area contributed by atoms with Crippen molar-refractivity contribution in [3.8, 4) is 0 Å². The van der Waals surface area contributed by atoms with E-state index in [4.69, 9.17) is 9.52 Å². The number of carbonyl (C=O) groups is 2. The van der Waals surface area contributed by atoms with Crippen LogP contribution >= 0.6 is 0 Å². The number of nitrogens with one attached hydrogen (secondary N) is 1. The lowest BCUT2D eigenvalue weighted by Gasteiger charge is -2.03. The van der Waals surface area contributed by atoms with E-state index in [1.807, 2.05) is 0 Å². The van der Waals surface area contributed by atoms with E-state index in [0.717, 1.165) is 0 Å². The number of ether oxygens (including phenoxy) is 1. The maximum Gasteiger partial charge on any atom is 0.337 e. The van der Waals surface area contributed by atoms with Crippen molar-refractivity contribution in [2.24, 2.45) is 0 Å². The number of carboxylic acid groups (broad SMARTS) is 1. The Morgan fingerprint density at radius 2 is 2.00 bits per heavy atom. The fraction of sp³-hybridized carbons (Fsp3) is 0.214. The van der Waals surface area contributed by atoms with Crippen LogP contribution in [-0.2, 0) is 16.0 Å². The summed E-state index contributed by atoms with van der Waals surface area (Å²) in [5.41, 5.74) is 1.61. The van der Waals surface area contributed by atoms with Gasteiger partial charge in [0.05, 0.1) is 18.4 Å². The van der Waals surface area contributed by atoms with Crippen LogP contribution in [0.5, 0.6) is 0 Å². The molecule has 7 heteroatoms. The molecule has 0 bridgehead atoms. The molecule has 110 valence electrons. The number of methoxy groups -OCH3 is 1. The number of oxazole rings is 1. The van der Waals surface area contributed by atoms with E-state index >= 15 is 0 Å². The number of nitrogens with zero attached hydrogens (tertiary/aromatic N) is 1. The second-order valence-electron chi connectivity index (χ2n) is 4.29. The Kier molecular flexibility index (Phi) is 4.22. The van der Waals surface area contributed by atoms with Crippen LogP contribution in [-0.4, -0.2) is 29.1 Å². The molecule has 1 aromatic heterocycles. The average Bonchev–Trinajstić information content (AvgIpc) is 2.78. The highest BCUT2D eigenvalue weighted by atomic mass is 16.5. The first-order valence-corrected chi connectivity index (χ1v) is 6.13. The van der Waals surface area contributed by atoms with E-state index in [1.165, 1.54) is 7.11 Å². The summed E-state index contributed by atoms with van der Waals surface area (Å²) in [7, 11) is 1.31. The zero-order valence-corrected chi connectivity index (χ0v) is 11.5. The minimum Gasteiger partial charge on any atom is -0.481 e. The fourth-order valence-corrected chi connectivity index (χ4v) is 1.71. The second-order valence-corrected chi connectivity index (χ2v) is 4.29. The van der Waals surface area contributed by atoms with E-state index in [9.17, 15) is 9.59 Å². The highest BCUT2D eigenvalue weighted by Gasteiger charge is 2.13. The first kappa shape index (κ1) is 14.6. The van der Waals surface area contributed by atoms with Crippen LogP contribution in [0.1, 0.15) is 21.8 Å². The number of carbonyl (C=O) groups excluding carboxylic acids is 1. The third kappa shape index (κ3) is 3.59. The third-order valence-electron chi connectivity index (χ3n) is 2.76. The quantitative estimate of drug-likeness (QED) is 0.813. The van der Waals surface area contributed by atoms with Gasteiger partial charge in [0.25, 0.3) is 6.01 Å². The van der Waals surface area contributed by atoms with Crippen molar-refractivity contribution in [2.45, 2.75) is 13.3 Å². The largest absolute Gasteiger partial charge is 0.481 e. The molecule has 1 heterocycles. The Morgan fingerprint density at radius 1 is 1.33 bits per heavy atom. The molecule has 0 fully saturated rings. The predicted octanol–water partition coefficient (Wildman–Crippen LogP) is 2.14. The standard InChI is InChI=1S/C14H14N2O5/c1-8-11(7-12(17)18)21-14(15-8)16-10-5-3-9(4-6-10)13(19)20-2/h3-6H,7H2,1-2H3,(H,15,16)(H,17,18). The average molecular weight is 290 g/mol. The van der Waals surface area contributed by atoms with Gasteiger partial charge in [0, 0.05) is 5.69 Å². The number of hydrogen-bond donors (Lipinski definition) is 2. The maximum absolute atomic E-state index is 11.3. The predicted molar refractivity (Wildman–Crippen MR) is 73.6 cm³/mol. The first-order chi connectivity index (χ1) is 9.99. The number of benzene rings is 1. The molecule has 0 atom stereocenters. The van der Waals surface area contributed by atoms with Gasteiger partial charge < -0.3 is 19.6 Å². The summed E-state index contributed by atoms with van der Waals surface area (Å²) in [6.07, 6.45) is -0.220. The van der Waals surface area contributed by atoms with Crippen LogP contribution in [0.2, 0.25) is 0 Å². The summed E-state index contributed by atoms with van der Waals surface area (Å²) < 4.78 is 9.94. The highest BCUT2D eigenvalue weighted by Crippen LogP contribution is 2.20. The van der Waals surface area contributed by atoms with E-state index in [1.54, 1.807) is 31.2 Å². The molecule has 7 nitrogen and oxygen atoms in total. The highest BCUT2D eigenvalue weighted by molar-refractivity contribution is 5.89. The SMILES string of the molecule is COC(=O)c1ccc(Nc2nc(C)c(CC(=O)O)o2)cc1. The molecule has 0 unspecified atom stereocenters. The molecule has 0 aliphatic rings. The van der Waals surface area contributed by atoms with Crippen LogP contribution in [0.25, 0.3) is 0 Å². The van der Waals surface area contributed by atoms with Gasteiger partial charge in [-0.15, -0.1) is 0 Å². The number of anilines is 2. The molecule has 0 amide bonds. The lowest BCUT2D eigenvalue weighted by molar-refractivity contribution is -0.136. The number of aryl methyl sites for hydroxylation is 1. The third-order valence-corrected chi connectivity index (χ3v) is 2.76. The molecule has 0 radical (unpaired) electrons. The van der Waals surface area contributed by atoms with Crippen LogP contribution in [0, 0.1) is 6.92 Å². The van der Waals surface area contributed by atoms with E-state index < -0.39 is 11.9 Å². The normalized spacial score (nSPS) is 10.2. The van der Waals surface area contributed by atoms with Gasteiger partial charge in [-0.25, -0.2) is 4.79 Å². The summed E-state index contributed by atoms with van der Waals surface area (Å²) in [5.74, 6) is -1.10. The van der Waals surface area contributed by atoms with E-state index in [-0.39, 0.29) is 12.4 Å². The van der Waals surface area contributed by atoms with Gasteiger partial charge >= 0.3 is 11.9 Å². The fourth-order valence-electron chi connectivity index (χ4n) is 1.71. The monoisotopic (exact) mass is 290 g/mol. The molecule has 2 rings (SSSR count). The zero-order valence-electron chi connectivity index (χ0n) is 11.5. The Balaban J connectivity index is 2.11. The van der Waals surface area contributed by atoms with E-state index in [0.29, 0.717) is 22.7 Å². The van der Waals surface area contributed by atoms with Crippen LogP contribution < -0.4 is 5.32 Å². The van der Waals surface area contributed by atoms with Crippen LogP contribution in [0.15, 0.2) is 28.7 Å². The molecule has 1 aromatic carbocycles. The van der Waals surface area contributed by atoms with Crippen molar-refractivity contribution >= 4 is 23.6 Å². The number of rotatable bonds is 5. The van der Waals surface area contributed by atoms with Gasteiger partial charge in [-0.1, -0.05) is 0 Å². The van der Waals surface area contributed by atoms with Gasteiger partial charge in [0.2, 0.25) is 0 Å². The molecule has 2 N–H and O–H groups in total. The molecule has 0 spiro atoms. The van der Waals surface area contributed by atoms with Gasteiger partial charge in [0.15, 0.2) is 0 Å². The summed E-state index contributed by atoms with van der Waals surface area (Å²) >= 11 is 0. The van der Waals surface area contributed by atoms with Gasteiger partial charge in [-0.05, 0) is 31.2 Å². The lowest BCUT2D eigenvalue weighted by atomic mass is 10.2. The molecule has 21 heavy (non-hydrogen) atoms. The first-order valence-electron chi connectivity index (χ1n) is 6.13. The summed E-state index contributed by atoms with van der Waals surface area (Å²) in [6, 6.07) is 6.74. The Morgan fingerprint density at radius 3 is 2.57 bits per heavy atom. The van der Waals surface area contributed by atoms with Crippen LogP contribution in [0.3, 0.4) is 0 Å².